The molecule has 2 amide bonds. The number of nitrogens with zero attached hydrogens (tertiary/aromatic N) is 2. The summed E-state index contributed by atoms with van der Waals surface area (Å²) in [6.45, 7) is 6.79. The lowest BCUT2D eigenvalue weighted by Gasteiger charge is -2.27. The molecule has 0 unspecified atom stereocenters. The third kappa shape index (κ3) is 6.43. The Balaban J connectivity index is 1.56. The lowest BCUT2D eigenvalue weighted by atomic mass is 10.1. The summed E-state index contributed by atoms with van der Waals surface area (Å²) >= 11 is 0. The number of aryl methyl sites for hydroxylation is 1. The summed E-state index contributed by atoms with van der Waals surface area (Å²) in [5.74, 6) is 0.609. The van der Waals surface area contributed by atoms with Gasteiger partial charge in [-0.2, -0.15) is 0 Å². The van der Waals surface area contributed by atoms with Crippen molar-refractivity contribution in [1.82, 2.24) is 4.90 Å². The average molecular weight is 489 g/mol. The number of hydrogen-bond acceptors (Lipinski definition) is 5. The van der Waals surface area contributed by atoms with Gasteiger partial charge in [-0.25, -0.2) is 0 Å². The molecule has 1 aliphatic heterocycles. The highest BCUT2D eigenvalue weighted by Crippen LogP contribution is 2.30. The van der Waals surface area contributed by atoms with E-state index in [0.717, 1.165) is 16.8 Å². The van der Waals surface area contributed by atoms with E-state index in [0.29, 0.717) is 56.5 Å². The Hall–Kier alpha value is -3.84. The van der Waals surface area contributed by atoms with Gasteiger partial charge < -0.3 is 24.0 Å². The minimum atomic E-state index is -0.152. The molecule has 1 heterocycles. The van der Waals surface area contributed by atoms with E-state index in [9.17, 15) is 9.59 Å². The first-order valence-electron chi connectivity index (χ1n) is 12.2. The van der Waals surface area contributed by atoms with Crippen LogP contribution in [0.15, 0.2) is 72.8 Å². The number of ether oxygens (including phenoxy) is 3. The van der Waals surface area contributed by atoms with Gasteiger partial charge in [-0.3, -0.25) is 9.59 Å². The second-order valence-electron chi connectivity index (χ2n) is 8.59. The number of hydrogen-bond donors (Lipinski definition) is 0. The second kappa shape index (κ2) is 12.2. The Labute approximate surface area is 212 Å². The van der Waals surface area contributed by atoms with Crippen LogP contribution in [0.25, 0.3) is 0 Å². The van der Waals surface area contributed by atoms with Crippen molar-refractivity contribution in [3.63, 3.8) is 0 Å². The van der Waals surface area contributed by atoms with Gasteiger partial charge in [-0.05, 0) is 55.3 Å². The van der Waals surface area contributed by atoms with Crippen LogP contribution in [0.1, 0.15) is 28.4 Å². The minimum Gasteiger partial charge on any atom is -0.490 e. The van der Waals surface area contributed by atoms with Crippen molar-refractivity contribution < 1.29 is 23.8 Å². The lowest BCUT2D eigenvalue weighted by Crippen LogP contribution is -2.43. The molecule has 1 fully saturated rings. The van der Waals surface area contributed by atoms with Gasteiger partial charge in [-0.1, -0.05) is 42.5 Å². The van der Waals surface area contributed by atoms with Crippen LogP contribution in [0, 0.1) is 6.92 Å². The highest BCUT2D eigenvalue weighted by molar-refractivity contribution is 6.06. The smallest absolute Gasteiger partial charge is 0.260 e. The Kier molecular flexibility index (Phi) is 8.57. The molecule has 0 saturated carbocycles. The maximum absolute atomic E-state index is 13.8. The minimum absolute atomic E-state index is 0.100. The summed E-state index contributed by atoms with van der Waals surface area (Å²) in [7, 11) is 0. The highest BCUT2D eigenvalue weighted by Gasteiger charge is 2.22. The largest absolute Gasteiger partial charge is 0.490 e. The van der Waals surface area contributed by atoms with E-state index in [1.807, 2.05) is 68.4 Å². The molecule has 4 rings (SSSR count). The van der Waals surface area contributed by atoms with Crippen LogP contribution >= 0.6 is 0 Å². The molecule has 36 heavy (non-hydrogen) atoms. The van der Waals surface area contributed by atoms with Gasteiger partial charge >= 0.3 is 0 Å². The van der Waals surface area contributed by atoms with Crippen LogP contribution < -0.4 is 14.4 Å². The van der Waals surface area contributed by atoms with Crippen molar-refractivity contribution >= 4 is 17.5 Å². The number of morpholine rings is 1. The molecule has 7 nitrogen and oxygen atoms in total. The van der Waals surface area contributed by atoms with E-state index in [4.69, 9.17) is 14.2 Å². The first-order valence-corrected chi connectivity index (χ1v) is 12.2. The Morgan fingerprint density at radius 1 is 0.917 bits per heavy atom. The van der Waals surface area contributed by atoms with Crippen molar-refractivity contribution in [3.8, 4) is 11.5 Å². The molecule has 3 aromatic rings. The first-order chi connectivity index (χ1) is 17.5. The first kappa shape index (κ1) is 25.3. The van der Waals surface area contributed by atoms with Crippen molar-refractivity contribution in [2.75, 3.05) is 44.4 Å². The van der Waals surface area contributed by atoms with Crippen LogP contribution in [-0.2, 0) is 16.1 Å². The van der Waals surface area contributed by atoms with Crippen LogP contribution in [0.2, 0.25) is 0 Å². The zero-order valence-electron chi connectivity index (χ0n) is 20.8. The molecular weight excluding hydrogens is 456 g/mol. The fourth-order valence-electron chi connectivity index (χ4n) is 4.07. The van der Waals surface area contributed by atoms with E-state index in [1.165, 1.54) is 0 Å². The highest BCUT2D eigenvalue weighted by atomic mass is 16.5. The van der Waals surface area contributed by atoms with Gasteiger partial charge in [0, 0.05) is 24.3 Å². The molecule has 0 aliphatic carbocycles. The van der Waals surface area contributed by atoms with Gasteiger partial charge in [-0.15, -0.1) is 0 Å². The molecule has 0 atom stereocenters. The Morgan fingerprint density at radius 2 is 1.69 bits per heavy atom. The van der Waals surface area contributed by atoms with Crippen molar-refractivity contribution in [2.45, 2.75) is 20.4 Å². The second-order valence-corrected chi connectivity index (χ2v) is 8.59. The molecule has 188 valence electrons. The predicted molar refractivity (Wildman–Crippen MR) is 139 cm³/mol. The third-order valence-electron chi connectivity index (χ3n) is 5.95. The quantitative estimate of drug-likeness (QED) is 0.444. The van der Waals surface area contributed by atoms with Gasteiger partial charge in [0.25, 0.3) is 11.8 Å². The number of carbonyl (C=O) groups excluding carboxylic acids is 2. The number of anilines is 1. The molecule has 0 bridgehead atoms. The van der Waals surface area contributed by atoms with Crippen LogP contribution in [0.3, 0.4) is 0 Å². The zero-order chi connectivity index (χ0) is 25.3. The molecule has 7 heteroatoms. The molecular formula is C29H32N2O5. The van der Waals surface area contributed by atoms with E-state index < -0.39 is 0 Å². The molecule has 0 aromatic heterocycles. The van der Waals surface area contributed by atoms with E-state index in [2.05, 4.69) is 0 Å². The standard InChI is InChI=1S/C29H32N2O5/c1-3-35-27-19-24(12-13-26(27)36-21-28(32)30-14-16-34-17-15-30)29(33)31(20-23-9-5-4-6-10-23)25-11-7-8-22(2)18-25/h4-13,18-19H,3,14-17,20-21H2,1-2H3. The third-order valence-corrected chi connectivity index (χ3v) is 5.95. The monoisotopic (exact) mass is 488 g/mol. The maximum Gasteiger partial charge on any atom is 0.260 e. The van der Waals surface area contributed by atoms with Crippen molar-refractivity contribution in [3.05, 3.63) is 89.5 Å². The molecule has 3 aromatic carbocycles. The van der Waals surface area contributed by atoms with Crippen LogP contribution in [0.5, 0.6) is 11.5 Å². The lowest BCUT2D eigenvalue weighted by molar-refractivity contribution is -0.137. The van der Waals surface area contributed by atoms with Gasteiger partial charge in [0.1, 0.15) is 0 Å². The summed E-state index contributed by atoms with van der Waals surface area (Å²) < 4.78 is 16.9. The van der Waals surface area contributed by atoms with Gasteiger partial charge in [0.05, 0.1) is 26.4 Å². The van der Waals surface area contributed by atoms with Crippen LogP contribution in [0.4, 0.5) is 5.69 Å². The fourth-order valence-corrected chi connectivity index (χ4v) is 4.07. The van der Waals surface area contributed by atoms with Crippen molar-refractivity contribution in [2.24, 2.45) is 0 Å². The topological polar surface area (TPSA) is 68.3 Å². The number of rotatable bonds is 9. The summed E-state index contributed by atoms with van der Waals surface area (Å²) in [4.78, 5) is 29.8. The molecule has 0 radical (unpaired) electrons. The summed E-state index contributed by atoms with van der Waals surface area (Å²) in [6, 6.07) is 22.9. The Morgan fingerprint density at radius 3 is 2.42 bits per heavy atom. The molecule has 0 spiro atoms. The summed E-state index contributed by atoms with van der Waals surface area (Å²) in [6.07, 6.45) is 0. The molecule has 1 aliphatic rings. The number of carbonyl (C=O) groups is 2. The maximum atomic E-state index is 13.8. The zero-order valence-corrected chi connectivity index (χ0v) is 20.8. The SMILES string of the molecule is CCOc1cc(C(=O)N(Cc2ccccc2)c2cccc(C)c2)ccc1OCC(=O)N1CCOCC1. The normalized spacial score (nSPS) is 13.2. The fraction of sp³-hybridized carbons (Fsp3) is 0.310. The van der Waals surface area contributed by atoms with E-state index in [1.54, 1.807) is 28.0 Å². The number of benzene rings is 3. The average Bonchev–Trinajstić information content (AvgIpc) is 2.91. The van der Waals surface area contributed by atoms with E-state index >= 15 is 0 Å². The van der Waals surface area contributed by atoms with E-state index in [-0.39, 0.29) is 18.4 Å². The number of amides is 2. The molecule has 0 N–H and O–H groups in total. The van der Waals surface area contributed by atoms with Gasteiger partial charge in [0.15, 0.2) is 18.1 Å². The van der Waals surface area contributed by atoms with Crippen LogP contribution in [-0.4, -0.2) is 56.2 Å². The summed E-state index contributed by atoms with van der Waals surface area (Å²) in [5.41, 5.74) is 3.39. The Bertz CT molecular complexity index is 1180. The predicted octanol–water partition coefficient (Wildman–Crippen LogP) is 4.48. The van der Waals surface area contributed by atoms with Crippen molar-refractivity contribution in [1.29, 1.82) is 0 Å². The molecule has 1 saturated heterocycles. The van der Waals surface area contributed by atoms with Gasteiger partial charge in [0.2, 0.25) is 0 Å². The summed E-state index contributed by atoms with van der Waals surface area (Å²) in [5, 5.41) is 0.